The highest BCUT2D eigenvalue weighted by Crippen LogP contribution is 2.53. The quantitative estimate of drug-likeness (QED) is 0.250. The van der Waals surface area contributed by atoms with Crippen LogP contribution in [0.25, 0.3) is 0 Å². The summed E-state index contributed by atoms with van der Waals surface area (Å²) in [7, 11) is -7.30. The fourth-order valence-electron chi connectivity index (χ4n) is 2.67. The third-order valence-corrected chi connectivity index (χ3v) is 6.72. The molecule has 2 N–H and O–H groups in total. The third-order valence-electron chi connectivity index (χ3n) is 4.18. The van der Waals surface area contributed by atoms with Gasteiger partial charge in [0.15, 0.2) is 11.8 Å². The van der Waals surface area contributed by atoms with Crippen LogP contribution in [0, 0.1) is 0 Å². The SMILES string of the molecule is CCOP(=O)(OCC(NC(=O)OCc1ccccc1)C(=O)OC)Oc1c(Cl)cc(Cl)cc1NS(C)(=O)=O. The first kappa shape index (κ1) is 30.7. The summed E-state index contributed by atoms with van der Waals surface area (Å²) in [6.07, 6.45) is -0.108. The van der Waals surface area contributed by atoms with Gasteiger partial charge in [0.2, 0.25) is 10.0 Å². The van der Waals surface area contributed by atoms with Crippen LogP contribution in [-0.2, 0) is 44.5 Å². The lowest BCUT2D eigenvalue weighted by Crippen LogP contribution is -2.44. The van der Waals surface area contributed by atoms with Gasteiger partial charge in [0.25, 0.3) is 0 Å². The predicted octanol–water partition coefficient (Wildman–Crippen LogP) is 4.37. The van der Waals surface area contributed by atoms with Crippen molar-refractivity contribution in [2.75, 3.05) is 31.3 Å². The van der Waals surface area contributed by atoms with Crippen molar-refractivity contribution in [1.29, 1.82) is 0 Å². The third kappa shape index (κ3) is 10.4. The Labute approximate surface area is 224 Å². The van der Waals surface area contributed by atoms with Crippen molar-refractivity contribution in [2.45, 2.75) is 19.6 Å². The van der Waals surface area contributed by atoms with E-state index < -0.39 is 48.3 Å². The van der Waals surface area contributed by atoms with E-state index in [0.717, 1.165) is 13.4 Å². The van der Waals surface area contributed by atoms with Crippen LogP contribution in [0.5, 0.6) is 5.75 Å². The molecule has 2 unspecified atom stereocenters. The Morgan fingerprint density at radius 3 is 2.38 bits per heavy atom. The zero-order chi connectivity index (χ0) is 27.6. The maximum absolute atomic E-state index is 13.3. The van der Waals surface area contributed by atoms with E-state index in [1.807, 2.05) is 0 Å². The minimum atomic E-state index is -4.55. The van der Waals surface area contributed by atoms with E-state index >= 15 is 0 Å². The second-order valence-electron chi connectivity index (χ2n) is 7.17. The molecule has 0 aliphatic carbocycles. The first-order chi connectivity index (χ1) is 17.4. The molecular weight excluding hydrogens is 574 g/mol. The summed E-state index contributed by atoms with van der Waals surface area (Å²) in [5.41, 5.74) is 0.465. The zero-order valence-corrected chi connectivity index (χ0v) is 23.2. The maximum Gasteiger partial charge on any atom is 0.530 e. The molecule has 0 aliphatic heterocycles. The summed E-state index contributed by atoms with van der Waals surface area (Å²) in [4.78, 5) is 24.4. The van der Waals surface area contributed by atoms with Crippen LogP contribution in [0.3, 0.4) is 0 Å². The Balaban J connectivity index is 2.19. The summed E-state index contributed by atoms with van der Waals surface area (Å²) in [5.74, 6) is -1.35. The minimum Gasteiger partial charge on any atom is -0.467 e. The molecule has 1 amide bonds. The summed E-state index contributed by atoms with van der Waals surface area (Å²) < 4.78 is 64.5. The van der Waals surface area contributed by atoms with Crippen LogP contribution in [0.15, 0.2) is 42.5 Å². The zero-order valence-electron chi connectivity index (χ0n) is 19.9. The fourth-order valence-corrected chi connectivity index (χ4v) is 5.06. The molecular formula is C21H25Cl2N2O10PS. The number of hydrogen-bond acceptors (Lipinski definition) is 10. The molecule has 12 nitrogen and oxygen atoms in total. The van der Waals surface area contributed by atoms with Crippen LogP contribution in [0.1, 0.15) is 12.5 Å². The van der Waals surface area contributed by atoms with Crippen molar-refractivity contribution >= 4 is 58.8 Å². The van der Waals surface area contributed by atoms with Gasteiger partial charge in [0, 0.05) is 5.02 Å². The minimum absolute atomic E-state index is 0.0552. The summed E-state index contributed by atoms with van der Waals surface area (Å²) >= 11 is 12.1. The van der Waals surface area contributed by atoms with Crippen LogP contribution >= 0.6 is 31.0 Å². The lowest BCUT2D eigenvalue weighted by atomic mass is 10.2. The largest absolute Gasteiger partial charge is 0.530 e. The molecule has 0 fully saturated rings. The van der Waals surface area contributed by atoms with E-state index in [2.05, 4.69) is 14.8 Å². The van der Waals surface area contributed by atoms with Gasteiger partial charge in [-0.05, 0) is 24.6 Å². The number of benzene rings is 2. The Morgan fingerprint density at radius 2 is 1.78 bits per heavy atom. The Bertz CT molecular complexity index is 1250. The highest BCUT2D eigenvalue weighted by Gasteiger charge is 2.34. The Morgan fingerprint density at radius 1 is 1.11 bits per heavy atom. The number of anilines is 1. The van der Waals surface area contributed by atoms with Gasteiger partial charge in [0.1, 0.15) is 6.61 Å². The van der Waals surface area contributed by atoms with Gasteiger partial charge in [-0.15, -0.1) is 0 Å². The fraction of sp³-hybridized carbons (Fsp3) is 0.333. The van der Waals surface area contributed by atoms with Gasteiger partial charge in [-0.3, -0.25) is 13.8 Å². The topological polar surface area (TPSA) is 156 Å². The van der Waals surface area contributed by atoms with E-state index in [9.17, 15) is 22.6 Å². The van der Waals surface area contributed by atoms with Crippen molar-refractivity contribution in [3.8, 4) is 5.75 Å². The maximum atomic E-state index is 13.3. The number of rotatable bonds is 13. The van der Waals surface area contributed by atoms with Crippen molar-refractivity contribution in [3.63, 3.8) is 0 Å². The summed E-state index contributed by atoms with van der Waals surface area (Å²) in [6.45, 7) is 0.500. The second-order valence-corrected chi connectivity index (χ2v) is 11.4. The number of sulfonamides is 1. The highest BCUT2D eigenvalue weighted by atomic mass is 35.5. The molecule has 2 aromatic rings. The lowest BCUT2D eigenvalue weighted by molar-refractivity contribution is -0.143. The average Bonchev–Trinajstić information content (AvgIpc) is 2.82. The van der Waals surface area contributed by atoms with Crippen molar-refractivity contribution in [2.24, 2.45) is 0 Å². The molecule has 2 atom stereocenters. The molecule has 204 valence electrons. The number of phosphoric acid groups is 1. The van der Waals surface area contributed by atoms with Gasteiger partial charge >= 0.3 is 19.9 Å². The Kier molecular flexibility index (Phi) is 11.5. The molecule has 0 bridgehead atoms. The van der Waals surface area contributed by atoms with E-state index in [1.165, 1.54) is 19.1 Å². The number of ether oxygens (including phenoxy) is 2. The van der Waals surface area contributed by atoms with Crippen LogP contribution in [-0.4, -0.2) is 53.1 Å². The molecule has 37 heavy (non-hydrogen) atoms. The van der Waals surface area contributed by atoms with Gasteiger partial charge in [-0.25, -0.2) is 22.6 Å². The van der Waals surface area contributed by atoms with Gasteiger partial charge < -0.3 is 19.3 Å². The number of methoxy groups -OCH3 is 1. The van der Waals surface area contributed by atoms with Crippen LogP contribution in [0.4, 0.5) is 10.5 Å². The standard InChI is InChI=1S/C21H25Cl2N2O10PS/c1-4-33-36(28,35-19-16(23)10-15(22)11-17(19)25-37(3,29)30)34-13-18(20(26)31-2)24-21(27)32-12-14-8-6-5-7-9-14/h5-11,18,25H,4,12-13H2,1-3H3,(H,24,27). The number of amides is 1. The first-order valence-corrected chi connectivity index (χ1v) is 14.6. The molecule has 0 saturated carbocycles. The van der Waals surface area contributed by atoms with Gasteiger partial charge in [0.05, 0.1) is 37.3 Å². The molecule has 16 heteroatoms. The van der Waals surface area contributed by atoms with E-state index in [0.29, 0.717) is 5.56 Å². The number of alkyl carbamates (subject to hydrolysis) is 1. The number of hydrogen-bond donors (Lipinski definition) is 2. The smallest absolute Gasteiger partial charge is 0.467 e. The number of carbonyl (C=O) groups is 2. The monoisotopic (exact) mass is 598 g/mol. The van der Waals surface area contributed by atoms with E-state index in [1.54, 1.807) is 30.3 Å². The van der Waals surface area contributed by atoms with Crippen LogP contribution < -0.4 is 14.6 Å². The number of carbonyl (C=O) groups excluding carboxylic acids is 2. The molecule has 2 aromatic carbocycles. The number of phosphoric ester groups is 1. The summed E-state index contributed by atoms with van der Waals surface area (Å²) in [5, 5.41) is 2.09. The molecule has 0 saturated heterocycles. The number of halogens is 2. The normalized spacial score (nSPS) is 13.6. The van der Waals surface area contributed by atoms with Crippen molar-refractivity contribution in [3.05, 3.63) is 58.1 Å². The van der Waals surface area contributed by atoms with Crippen molar-refractivity contribution in [1.82, 2.24) is 5.32 Å². The molecule has 0 spiro atoms. The van der Waals surface area contributed by atoms with Gasteiger partial charge in [-0.2, -0.15) is 0 Å². The highest BCUT2D eigenvalue weighted by molar-refractivity contribution is 7.92. The second kappa shape index (κ2) is 13.8. The number of nitrogens with one attached hydrogen (secondary N) is 2. The van der Waals surface area contributed by atoms with E-state index in [4.69, 9.17) is 41.5 Å². The predicted molar refractivity (Wildman–Crippen MR) is 136 cm³/mol. The van der Waals surface area contributed by atoms with Gasteiger partial charge in [-0.1, -0.05) is 53.5 Å². The molecule has 2 rings (SSSR count). The molecule has 0 aliphatic rings. The van der Waals surface area contributed by atoms with Crippen molar-refractivity contribution < 1.29 is 45.6 Å². The molecule has 0 aromatic heterocycles. The summed E-state index contributed by atoms with van der Waals surface area (Å²) in [6, 6.07) is 9.69. The van der Waals surface area contributed by atoms with Crippen LogP contribution in [0.2, 0.25) is 10.0 Å². The average molecular weight is 599 g/mol. The lowest BCUT2D eigenvalue weighted by Gasteiger charge is -2.23. The number of esters is 1. The molecule has 0 radical (unpaired) electrons. The van der Waals surface area contributed by atoms with E-state index in [-0.39, 0.29) is 28.9 Å². The molecule has 0 heterocycles. The first-order valence-electron chi connectivity index (χ1n) is 10.5. The Hall–Kier alpha value is -2.54.